The molecular weight excluding hydrogens is 292 g/mol. The van der Waals surface area contributed by atoms with Crippen LogP contribution in [0.25, 0.3) is 0 Å². The number of H-pyrrole nitrogens is 1. The van der Waals surface area contributed by atoms with E-state index in [4.69, 9.17) is 0 Å². The van der Waals surface area contributed by atoms with Crippen molar-refractivity contribution in [1.29, 1.82) is 0 Å². The lowest BCUT2D eigenvalue weighted by Crippen LogP contribution is -2.36. The van der Waals surface area contributed by atoms with Gasteiger partial charge in [0, 0.05) is 36.8 Å². The first-order valence-electron chi connectivity index (χ1n) is 8.34. The number of likely N-dealkylation sites (N-methyl/N-ethyl adjacent to an activating group) is 1. The average molecular weight is 320 g/mol. The number of rotatable bonds is 5. The number of amides is 1. The van der Waals surface area contributed by atoms with Gasteiger partial charge in [-0.2, -0.15) is 0 Å². The van der Waals surface area contributed by atoms with Crippen LogP contribution in [0.4, 0.5) is 0 Å². The molecule has 2 heterocycles. The second-order valence-electron chi connectivity index (χ2n) is 6.71. The first kappa shape index (κ1) is 17.7. The van der Waals surface area contributed by atoms with Crippen LogP contribution in [0.1, 0.15) is 36.8 Å². The van der Waals surface area contributed by atoms with Crippen molar-refractivity contribution < 1.29 is 4.79 Å². The molecule has 2 atom stereocenters. The van der Waals surface area contributed by atoms with Crippen LogP contribution in [-0.2, 0) is 11.2 Å². The molecule has 2 rings (SSSR count). The summed E-state index contributed by atoms with van der Waals surface area (Å²) in [5.41, 5.74) is 1.22. The van der Waals surface area contributed by atoms with Gasteiger partial charge < -0.3 is 14.8 Å². The topological polar surface area (TPSA) is 69.3 Å². The van der Waals surface area contributed by atoms with E-state index in [0.717, 1.165) is 25.2 Å². The van der Waals surface area contributed by atoms with Crippen LogP contribution in [0.2, 0.25) is 0 Å². The van der Waals surface area contributed by atoms with Crippen LogP contribution in [0, 0.1) is 19.8 Å². The molecule has 1 aliphatic heterocycles. The van der Waals surface area contributed by atoms with Gasteiger partial charge in [0.2, 0.25) is 5.91 Å². The summed E-state index contributed by atoms with van der Waals surface area (Å²) in [5.74, 6) is 1.27. The summed E-state index contributed by atoms with van der Waals surface area (Å²) in [4.78, 5) is 35.7. The van der Waals surface area contributed by atoms with Gasteiger partial charge >= 0.3 is 0 Å². The van der Waals surface area contributed by atoms with Gasteiger partial charge in [-0.15, -0.1) is 0 Å². The van der Waals surface area contributed by atoms with Gasteiger partial charge in [-0.05, 0) is 40.3 Å². The molecule has 1 fully saturated rings. The smallest absolute Gasteiger partial charge is 0.254 e. The minimum absolute atomic E-state index is 0.123. The third kappa shape index (κ3) is 3.99. The van der Waals surface area contributed by atoms with Crippen LogP contribution in [0.3, 0.4) is 0 Å². The Labute approximate surface area is 137 Å². The fourth-order valence-electron chi connectivity index (χ4n) is 3.48. The van der Waals surface area contributed by atoms with Crippen molar-refractivity contribution in [3.63, 3.8) is 0 Å². The van der Waals surface area contributed by atoms with E-state index in [0.29, 0.717) is 36.2 Å². The largest absolute Gasteiger partial charge is 0.341 e. The molecule has 0 radical (unpaired) electrons. The Hall–Kier alpha value is -1.69. The Morgan fingerprint density at radius 3 is 2.57 bits per heavy atom. The molecule has 1 amide bonds. The number of carbonyl (C=O) groups is 1. The molecule has 0 saturated carbocycles. The van der Waals surface area contributed by atoms with E-state index in [1.54, 1.807) is 6.92 Å². The molecule has 128 valence electrons. The molecule has 6 heteroatoms. The third-order valence-corrected chi connectivity index (χ3v) is 4.88. The van der Waals surface area contributed by atoms with Crippen LogP contribution < -0.4 is 5.56 Å². The lowest BCUT2D eigenvalue weighted by Gasteiger charge is -2.23. The van der Waals surface area contributed by atoms with E-state index >= 15 is 0 Å². The average Bonchev–Trinajstić information content (AvgIpc) is 2.90. The van der Waals surface area contributed by atoms with Crippen molar-refractivity contribution in [3.05, 3.63) is 27.4 Å². The van der Waals surface area contributed by atoms with Crippen molar-refractivity contribution in [3.8, 4) is 0 Å². The second kappa shape index (κ2) is 7.25. The number of nitrogens with one attached hydrogen (secondary N) is 1. The van der Waals surface area contributed by atoms with Gasteiger partial charge in [0.15, 0.2) is 0 Å². The van der Waals surface area contributed by atoms with Crippen molar-refractivity contribution >= 4 is 5.91 Å². The fraction of sp³-hybridized carbons (Fsp3) is 0.706. The standard InChI is InChI=1S/C17H28N4O2/c1-6-13-9-21(10-15(13)20(4)5)16(22)8-7-14-11(2)18-12(3)19-17(14)23/h13,15H,6-10H2,1-5H3,(H,18,19,23)/t13-,15+/m0/s1. The van der Waals surface area contributed by atoms with Gasteiger partial charge in [-0.25, -0.2) is 4.98 Å². The second-order valence-corrected chi connectivity index (χ2v) is 6.71. The summed E-state index contributed by atoms with van der Waals surface area (Å²) < 4.78 is 0. The molecule has 1 aromatic heterocycles. The monoisotopic (exact) mass is 320 g/mol. The summed E-state index contributed by atoms with van der Waals surface area (Å²) >= 11 is 0. The highest BCUT2D eigenvalue weighted by atomic mass is 16.2. The van der Waals surface area contributed by atoms with Crippen molar-refractivity contribution in [2.45, 2.75) is 46.1 Å². The first-order chi connectivity index (χ1) is 10.8. The first-order valence-corrected chi connectivity index (χ1v) is 8.34. The quantitative estimate of drug-likeness (QED) is 0.882. The minimum atomic E-state index is -0.123. The van der Waals surface area contributed by atoms with Gasteiger partial charge in [0.05, 0.1) is 0 Å². The highest BCUT2D eigenvalue weighted by molar-refractivity contribution is 5.76. The molecule has 1 saturated heterocycles. The van der Waals surface area contributed by atoms with Crippen molar-refractivity contribution in [2.24, 2.45) is 5.92 Å². The van der Waals surface area contributed by atoms with Crippen LogP contribution in [0.15, 0.2) is 4.79 Å². The maximum atomic E-state index is 12.5. The minimum Gasteiger partial charge on any atom is -0.341 e. The fourth-order valence-corrected chi connectivity index (χ4v) is 3.48. The Bertz CT molecular complexity index is 624. The summed E-state index contributed by atoms with van der Waals surface area (Å²) in [5, 5.41) is 0. The normalized spacial score (nSPS) is 21.2. The molecule has 0 aliphatic carbocycles. The van der Waals surface area contributed by atoms with E-state index in [9.17, 15) is 9.59 Å². The summed E-state index contributed by atoms with van der Waals surface area (Å²) in [7, 11) is 4.14. The summed E-state index contributed by atoms with van der Waals surface area (Å²) in [6.45, 7) is 7.37. The number of nitrogens with zero attached hydrogens (tertiary/aromatic N) is 3. The van der Waals surface area contributed by atoms with E-state index in [1.807, 2.05) is 11.8 Å². The zero-order chi connectivity index (χ0) is 17.1. The number of carbonyl (C=O) groups excluding carboxylic acids is 1. The SMILES string of the molecule is CC[C@H]1CN(C(=O)CCc2c(C)nc(C)[nH]c2=O)C[C@H]1N(C)C. The van der Waals surface area contributed by atoms with Crippen molar-refractivity contribution in [1.82, 2.24) is 19.8 Å². The van der Waals surface area contributed by atoms with Gasteiger partial charge in [0.1, 0.15) is 5.82 Å². The molecular formula is C17H28N4O2. The summed E-state index contributed by atoms with van der Waals surface area (Å²) in [6.07, 6.45) is 1.89. The van der Waals surface area contributed by atoms with Gasteiger partial charge in [0.25, 0.3) is 5.56 Å². The number of aromatic amines is 1. The van der Waals surface area contributed by atoms with Crippen LogP contribution >= 0.6 is 0 Å². The molecule has 6 nitrogen and oxygen atoms in total. The Morgan fingerprint density at radius 2 is 2.04 bits per heavy atom. The maximum absolute atomic E-state index is 12.5. The molecule has 0 bridgehead atoms. The number of aromatic nitrogens is 2. The van der Waals surface area contributed by atoms with E-state index < -0.39 is 0 Å². The number of likely N-dealkylation sites (tertiary alicyclic amines) is 1. The van der Waals surface area contributed by atoms with Gasteiger partial charge in [-0.3, -0.25) is 9.59 Å². The molecule has 1 aromatic rings. The van der Waals surface area contributed by atoms with Gasteiger partial charge in [-0.1, -0.05) is 13.3 Å². The molecule has 1 N–H and O–H groups in total. The van der Waals surface area contributed by atoms with Crippen LogP contribution in [-0.4, -0.2) is 58.9 Å². The maximum Gasteiger partial charge on any atom is 0.254 e. The highest BCUT2D eigenvalue weighted by Crippen LogP contribution is 2.24. The zero-order valence-electron chi connectivity index (χ0n) is 14.8. The number of hydrogen-bond donors (Lipinski definition) is 1. The predicted molar refractivity (Wildman–Crippen MR) is 90.5 cm³/mol. The third-order valence-electron chi connectivity index (χ3n) is 4.88. The Balaban J connectivity index is 2.00. The Morgan fingerprint density at radius 1 is 1.35 bits per heavy atom. The lowest BCUT2D eigenvalue weighted by atomic mass is 10.0. The molecule has 1 aliphatic rings. The van der Waals surface area contributed by atoms with Crippen LogP contribution in [0.5, 0.6) is 0 Å². The molecule has 0 spiro atoms. The number of aryl methyl sites for hydroxylation is 2. The zero-order valence-corrected chi connectivity index (χ0v) is 14.8. The number of hydrogen-bond acceptors (Lipinski definition) is 4. The van der Waals surface area contributed by atoms with Crippen molar-refractivity contribution in [2.75, 3.05) is 27.2 Å². The van der Waals surface area contributed by atoms with E-state index in [2.05, 4.69) is 35.9 Å². The highest BCUT2D eigenvalue weighted by Gasteiger charge is 2.34. The predicted octanol–water partition coefficient (Wildman–Crippen LogP) is 1.12. The Kier molecular flexibility index (Phi) is 5.57. The molecule has 0 unspecified atom stereocenters. The molecule has 23 heavy (non-hydrogen) atoms. The lowest BCUT2D eigenvalue weighted by molar-refractivity contribution is -0.130. The summed E-state index contributed by atoms with van der Waals surface area (Å²) in [6, 6.07) is 0.426. The van der Waals surface area contributed by atoms with E-state index in [1.165, 1.54) is 0 Å². The molecule has 0 aromatic carbocycles. The van der Waals surface area contributed by atoms with E-state index in [-0.39, 0.29) is 11.5 Å².